The van der Waals surface area contributed by atoms with Crippen LogP contribution in [0.2, 0.25) is 0 Å². The number of hydrogen-bond donors (Lipinski definition) is 3. The summed E-state index contributed by atoms with van der Waals surface area (Å²) in [6.45, 7) is 1.84. The highest BCUT2D eigenvalue weighted by Gasteiger charge is 2.23. The number of amides is 1. The van der Waals surface area contributed by atoms with E-state index in [2.05, 4.69) is 5.32 Å². The van der Waals surface area contributed by atoms with Gasteiger partial charge in [-0.05, 0) is 6.42 Å². The molecule has 12 heavy (non-hydrogen) atoms. The van der Waals surface area contributed by atoms with E-state index in [1.54, 1.807) is 0 Å². The van der Waals surface area contributed by atoms with Gasteiger partial charge >= 0.3 is 5.97 Å². The predicted octanol–water partition coefficient (Wildman–Crippen LogP) is -0.653. The zero-order valence-corrected chi connectivity index (χ0v) is 6.86. The minimum Gasteiger partial charge on any atom is -0.479 e. The van der Waals surface area contributed by atoms with Crippen molar-refractivity contribution < 1.29 is 19.8 Å². The molecule has 1 amide bonds. The third-order valence-corrected chi connectivity index (χ3v) is 1.52. The summed E-state index contributed by atoms with van der Waals surface area (Å²) < 4.78 is 0. The first-order valence-corrected chi connectivity index (χ1v) is 3.74. The summed E-state index contributed by atoms with van der Waals surface area (Å²) in [5.74, 6) is -1.32. The average Bonchev–Trinajstić information content (AvgIpc) is 2.03. The van der Waals surface area contributed by atoms with Crippen LogP contribution in [0.4, 0.5) is 0 Å². The number of hydrogen-bond acceptors (Lipinski definition) is 3. The highest BCUT2D eigenvalue weighted by molar-refractivity contribution is 5.73. The van der Waals surface area contributed by atoms with E-state index in [0.29, 0.717) is 19.3 Å². The Morgan fingerprint density at radius 1 is 1.67 bits per heavy atom. The van der Waals surface area contributed by atoms with Crippen molar-refractivity contribution in [3.63, 3.8) is 0 Å². The lowest BCUT2D eigenvalue weighted by atomic mass is 10.1. The maximum Gasteiger partial charge on any atom is 0.334 e. The van der Waals surface area contributed by atoms with Crippen LogP contribution in [0.5, 0.6) is 0 Å². The molecule has 0 saturated carbocycles. The molecular weight excluding hydrogens is 162 g/mol. The van der Waals surface area contributed by atoms with E-state index in [-0.39, 0.29) is 0 Å². The third-order valence-electron chi connectivity index (χ3n) is 1.52. The van der Waals surface area contributed by atoms with Crippen LogP contribution in [0, 0.1) is 0 Å². The summed E-state index contributed by atoms with van der Waals surface area (Å²) >= 11 is 0. The van der Waals surface area contributed by atoms with Crippen molar-refractivity contribution in [2.45, 2.75) is 31.9 Å². The van der Waals surface area contributed by atoms with Gasteiger partial charge in [-0.2, -0.15) is 0 Å². The van der Waals surface area contributed by atoms with Crippen molar-refractivity contribution in [3.8, 4) is 0 Å². The molecule has 0 aliphatic heterocycles. The van der Waals surface area contributed by atoms with Gasteiger partial charge in [0.05, 0.1) is 6.04 Å². The zero-order valence-electron chi connectivity index (χ0n) is 6.86. The Morgan fingerprint density at radius 3 is 2.58 bits per heavy atom. The van der Waals surface area contributed by atoms with Crippen molar-refractivity contribution in [1.82, 2.24) is 5.32 Å². The largest absolute Gasteiger partial charge is 0.479 e. The van der Waals surface area contributed by atoms with E-state index in [1.165, 1.54) is 0 Å². The first-order valence-electron chi connectivity index (χ1n) is 3.74. The fraction of sp³-hybridized carbons (Fsp3) is 0.714. The van der Waals surface area contributed by atoms with E-state index < -0.39 is 18.1 Å². The van der Waals surface area contributed by atoms with Crippen molar-refractivity contribution in [2.24, 2.45) is 0 Å². The molecule has 0 aromatic rings. The fourth-order valence-corrected chi connectivity index (χ4v) is 0.903. The minimum absolute atomic E-state index is 0.395. The van der Waals surface area contributed by atoms with Gasteiger partial charge in [0.15, 0.2) is 6.10 Å². The number of nitrogens with one attached hydrogen (secondary N) is 1. The molecule has 0 rings (SSSR count). The normalized spacial score (nSPS) is 14.8. The number of carbonyl (C=O) groups excluding carboxylic acids is 1. The Labute approximate surface area is 70.4 Å². The molecule has 70 valence electrons. The number of aliphatic hydroxyl groups excluding tert-OH is 1. The molecule has 5 nitrogen and oxygen atoms in total. The Balaban J connectivity index is 4.07. The third kappa shape index (κ3) is 3.34. The number of carbonyl (C=O) groups is 2. The first kappa shape index (κ1) is 10.9. The van der Waals surface area contributed by atoms with Crippen LogP contribution in [0.1, 0.15) is 19.8 Å². The second kappa shape index (κ2) is 5.54. The van der Waals surface area contributed by atoms with Crippen LogP contribution < -0.4 is 5.32 Å². The molecule has 2 atom stereocenters. The lowest BCUT2D eigenvalue weighted by molar-refractivity contribution is -0.148. The maximum absolute atomic E-state index is 10.3. The monoisotopic (exact) mass is 175 g/mol. The van der Waals surface area contributed by atoms with Crippen molar-refractivity contribution in [2.75, 3.05) is 0 Å². The summed E-state index contributed by atoms with van der Waals surface area (Å²) in [5, 5.41) is 19.7. The van der Waals surface area contributed by atoms with E-state index in [0.717, 1.165) is 0 Å². The molecular formula is C7H13NO4. The fourth-order valence-electron chi connectivity index (χ4n) is 0.903. The van der Waals surface area contributed by atoms with Gasteiger partial charge in [-0.1, -0.05) is 13.3 Å². The topological polar surface area (TPSA) is 86.6 Å². The number of rotatable bonds is 6. The van der Waals surface area contributed by atoms with Crippen molar-refractivity contribution >= 4 is 12.4 Å². The van der Waals surface area contributed by atoms with E-state index in [1.807, 2.05) is 6.92 Å². The zero-order chi connectivity index (χ0) is 9.56. The van der Waals surface area contributed by atoms with E-state index in [4.69, 9.17) is 10.2 Å². The van der Waals surface area contributed by atoms with Crippen molar-refractivity contribution in [3.05, 3.63) is 0 Å². The van der Waals surface area contributed by atoms with Crippen LogP contribution in [0.25, 0.3) is 0 Å². The molecule has 0 bridgehead atoms. The Kier molecular flexibility index (Phi) is 5.03. The van der Waals surface area contributed by atoms with Gasteiger partial charge in [-0.3, -0.25) is 4.79 Å². The van der Waals surface area contributed by atoms with Crippen LogP contribution in [-0.4, -0.2) is 34.7 Å². The highest BCUT2D eigenvalue weighted by atomic mass is 16.4. The number of aliphatic carboxylic acids is 1. The summed E-state index contributed by atoms with van der Waals surface area (Å²) in [4.78, 5) is 20.3. The second-order valence-corrected chi connectivity index (χ2v) is 2.46. The Bertz CT molecular complexity index is 159. The van der Waals surface area contributed by atoms with Crippen LogP contribution >= 0.6 is 0 Å². The van der Waals surface area contributed by atoms with Gasteiger partial charge in [0.2, 0.25) is 6.41 Å². The molecule has 0 fully saturated rings. The number of aliphatic hydroxyl groups is 1. The summed E-state index contributed by atoms with van der Waals surface area (Å²) in [5.41, 5.74) is 0. The molecule has 0 spiro atoms. The van der Waals surface area contributed by atoms with Gasteiger partial charge < -0.3 is 15.5 Å². The number of carboxylic acid groups (broad SMARTS) is 1. The minimum atomic E-state index is -1.52. The van der Waals surface area contributed by atoms with Crippen LogP contribution in [-0.2, 0) is 9.59 Å². The van der Waals surface area contributed by atoms with Crippen LogP contribution in [0.3, 0.4) is 0 Å². The van der Waals surface area contributed by atoms with Gasteiger partial charge in [0.1, 0.15) is 0 Å². The van der Waals surface area contributed by atoms with Crippen molar-refractivity contribution in [1.29, 1.82) is 0 Å². The van der Waals surface area contributed by atoms with Gasteiger partial charge in [-0.15, -0.1) is 0 Å². The second-order valence-electron chi connectivity index (χ2n) is 2.46. The quantitative estimate of drug-likeness (QED) is 0.468. The number of carboxylic acids is 1. The molecule has 0 aliphatic carbocycles. The average molecular weight is 175 g/mol. The molecule has 0 radical (unpaired) electrons. The molecule has 0 aromatic carbocycles. The SMILES string of the molecule is CCCC(NC=O)C(O)C(=O)O. The summed E-state index contributed by atoms with van der Waals surface area (Å²) in [6, 6.07) is -0.690. The molecule has 0 aromatic heterocycles. The van der Waals surface area contributed by atoms with Crippen LogP contribution in [0.15, 0.2) is 0 Å². The molecule has 5 heteroatoms. The van der Waals surface area contributed by atoms with E-state index >= 15 is 0 Å². The standard InChI is InChI=1S/C7H13NO4/c1-2-3-5(8-4-9)6(10)7(11)12/h4-6,10H,2-3H2,1H3,(H,8,9)(H,11,12). The Morgan fingerprint density at radius 2 is 2.25 bits per heavy atom. The lowest BCUT2D eigenvalue weighted by Gasteiger charge is -2.17. The molecule has 3 N–H and O–H groups in total. The Hall–Kier alpha value is -1.10. The highest BCUT2D eigenvalue weighted by Crippen LogP contribution is 2.01. The molecule has 0 heterocycles. The van der Waals surface area contributed by atoms with E-state index in [9.17, 15) is 9.59 Å². The molecule has 2 unspecified atom stereocenters. The first-order chi connectivity index (χ1) is 5.63. The summed E-state index contributed by atoms with van der Waals surface area (Å²) in [7, 11) is 0. The molecule has 0 saturated heterocycles. The van der Waals surface area contributed by atoms with Gasteiger partial charge in [0, 0.05) is 0 Å². The lowest BCUT2D eigenvalue weighted by Crippen LogP contribution is -2.43. The summed E-state index contributed by atoms with van der Waals surface area (Å²) in [6.07, 6.45) is 0.0318. The molecule has 0 aliphatic rings. The van der Waals surface area contributed by atoms with Gasteiger partial charge in [-0.25, -0.2) is 4.79 Å². The predicted molar refractivity (Wildman–Crippen MR) is 41.5 cm³/mol. The maximum atomic E-state index is 10.3. The van der Waals surface area contributed by atoms with Gasteiger partial charge in [0.25, 0.3) is 0 Å². The smallest absolute Gasteiger partial charge is 0.334 e.